The Morgan fingerprint density at radius 3 is 3.14 bits per heavy atom. The summed E-state index contributed by atoms with van der Waals surface area (Å²) in [6.07, 6.45) is 4.99. The summed E-state index contributed by atoms with van der Waals surface area (Å²) in [4.78, 5) is 2.44. The lowest BCUT2D eigenvalue weighted by Crippen LogP contribution is -2.27. The summed E-state index contributed by atoms with van der Waals surface area (Å²) in [6.45, 7) is 6.03. The van der Waals surface area contributed by atoms with Crippen LogP contribution in [0.2, 0.25) is 0 Å². The van der Waals surface area contributed by atoms with E-state index in [1.54, 1.807) is 0 Å². The predicted molar refractivity (Wildman–Crippen MR) is 85.2 cm³/mol. The molecule has 1 N–H and O–H groups in total. The summed E-state index contributed by atoms with van der Waals surface area (Å²) in [5, 5.41) is 3.44. The Morgan fingerprint density at radius 2 is 2.24 bits per heavy atom. The smallest absolute Gasteiger partial charge is 0.121 e. The van der Waals surface area contributed by atoms with Crippen molar-refractivity contribution in [2.24, 2.45) is 0 Å². The van der Waals surface area contributed by atoms with E-state index >= 15 is 0 Å². The van der Waals surface area contributed by atoms with Crippen LogP contribution in [-0.2, 0) is 4.74 Å². The molecule has 3 rings (SSSR count). The molecule has 4 heteroatoms. The van der Waals surface area contributed by atoms with Crippen molar-refractivity contribution >= 4 is 5.69 Å². The van der Waals surface area contributed by atoms with Crippen molar-refractivity contribution in [3.63, 3.8) is 0 Å². The first-order valence-corrected chi connectivity index (χ1v) is 8.22. The highest BCUT2D eigenvalue weighted by Gasteiger charge is 2.15. The van der Waals surface area contributed by atoms with Crippen LogP contribution in [0.5, 0.6) is 5.75 Å². The molecule has 2 saturated heterocycles. The SMILES string of the molecule is c1cc(OCCC2CCCO2)cc(N2CCCNCC2)c1. The van der Waals surface area contributed by atoms with E-state index < -0.39 is 0 Å². The second-order valence-corrected chi connectivity index (χ2v) is 5.86. The first-order chi connectivity index (χ1) is 10.4. The van der Waals surface area contributed by atoms with Gasteiger partial charge in [0.1, 0.15) is 5.75 Å². The Balaban J connectivity index is 1.52. The molecule has 1 aromatic rings. The average molecular weight is 290 g/mol. The highest BCUT2D eigenvalue weighted by Crippen LogP contribution is 2.22. The summed E-state index contributed by atoms with van der Waals surface area (Å²) in [7, 11) is 0. The van der Waals surface area contributed by atoms with Gasteiger partial charge in [-0.3, -0.25) is 0 Å². The fourth-order valence-electron chi connectivity index (χ4n) is 3.05. The molecule has 0 spiro atoms. The Bertz CT molecular complexity index is 425. The molecule has 0 aromatic heterocycles. The van der Waals surface area contributed by atoms with E-state index in [4.69, 9.17) is 9.47 Å². The molecule has 0 saturated carbocycles. The van der Waals surface area contributed by atoms with Crippen molar-refractivity contribution < 1.29 is 9.47 Å². The molecular weight excluding hydrogens is 264 g/mol. The molecule has 2 fully saturated rings. The van der Waals surface area contributed by atoms with E-state index in [1.807, 2.05) is 0 Å². The third kappa shape index (κ3) is 4.35. The Morgan fingerprint density at radius 1 is 1.24 bits per heavy atom. The van der Waals surface area contributed by atoms with Gasteiger partial charge in [-0.1, -0.05) is 6.07 Å². The van der Waals surface area contributed by atoms with Gasteiger partial charge in [-0.15, -0.1) is 0 Å². The summed E-state index contributed by atoms with van der Waals surface area (Å²) >= 11 is 0. The van der Waals surface area contributed by atoms with Crippen LogP contribution in [0.15, 0.2) is 24.3 Å². The van der Waals surface area contributed by atoms with E-state index in [1.165, 1.54) is 24.9 Å². The maximum atomic E-state index is 5.91. The molecule has 1 unspecified atom stereocenters. The van der Waals surface area contributed by atoms with Crippen LogP contribution < -0.4 is 15.0 Å². The van der Waals surface area contributed by atoms with Crippen LogP contribution in [0.1, 0.15) is 25.7 Å². The normalized spacial score (nSPS) is 23.0. The number of ether oxygens (including phenoxy) is 2. The molecule has 1 aromatic carbocycles. The second kappa shape index (κ2) is 7.66. The minimum atomic E-state index is 0.407. The number of rotatable bonds is 5. The van der Waals surface area contributed by atoms with E-state index in [2.05, 4.69) is 34.5 Å². The first-order valence-electron chi connectivity index (χ1n) is 8.22. The van der Waals surface area contributed by atoms with E-state index in [0.29, 0.717) is 6.10 Å². The van der Waals surface area contributed by atoms with Crippen molar-refractivity contribution in [1.82, 2.24) is 5.32 Å². The lowest BCUT2D eigenvalue weighted by Gasteiger charge is -2.23. The van der Waals surface area contributed by atoms with Crippen LogP contribution in [0.3, 0.4) is 0 Å². The van der Waals surface area contributed by atoms with Gasteiger partial charge < -0.3 is 19.7 Å². The van der Waals surface area contributed by atoms with Gasteiger partial charge in [-0.2, -0.15) is 0 Å². The lowest BCUT2D eigenvalue weighted by molar-refractivity contribution is 0.0903. The van der Waals surface area contributed by atoms with Crippen molar-refractivity contribution in [2.75, 3.05) is 44.3 Å². The minimum Gasteiger partial charge on any atom is -0.493 e. The van der Waals surface area contributed by atoms with Gasteiger partial charge in [0.15, 0.2) is 0 Å². The summed E-state index contributed by atoms with van der Waals surface area (Å²) in [6, 6.07) is 8.49. The molecule has 116 valence electrons. The molecule has 0 amide bonds. The molecule has 2 aliphatic heterocycles. The van der Waals surface area contributed by atoms with Gasteiger partial charge in [0.05, 0.1) is 12.7 Å². The van der Waals surface area contributed by atoms with Crippen molar-refractivity contribution in [3.8, 4) is 5.75 Å². The molecule has 21 heavy (non-hydrogen) atoms. The van der Waals surface area contributed by atoms with Gasteiger partial charge in [0.2, 0.25) is 0 Å². The van der Waals surface area contributed by atoms with Crippen LogP contribution in [0.25, 0.3) is 0 Å². The standard InChI is InChI=1S/C17H26N2O2/c1-4-15(19-10-3-8-18-9-11-19)14-17(5-1)21-13-7-16-6-2-12-20-16/h1,4-5,14,16,18H,2-3,6-13H2. The van der Waals surface area contributed by atoms with E-state index in [9.17, 15) is 0 Å². The molecule has 0 aliphatic carbocycles. The number of hydrogen-bond acceptors (Lipinski definition) is 4. The third-order valence-electron chi connectivity index (χ3n) is 4.26. The van der Waals surface area contributed by atoms with Gasteiger partial charge in [-0.05, 0) is 37.9 Å². The monoisotopic (exact) mass is 290 g/mol. The molecule has 0 radical (unpaired) electrons. The largest absolute Gasteiger partial charge is 0.493 e. The second-order valence-electron chi connectivity index (χ2n) is 5.86. The number of hydrogen-bond donors (Lipinski definition) is 1. The van der Waals surface area contributed by atoms with E-state index in [0.717, 1.165) is 51.6 Å². The number of anilines is 1. The zero-order valence-corrected chi connectivity index (χ0v) is 12.7. The minimum absolute atomic E-state index is 0.407. The number of benzene rings is 1. The molecule has 2 aliphatic rings. The lowest BCUT2D eigenvalue weighted by atomic mass is 10.2. The summed E-state index contributed by atoms with van der Waals surface area (Å²) in [5.41, 5.74) is 1.27. The zero-order valence-electron chi connectivity index (χ0n) is 12.7. The van der Waals surface area contributed by atoms with E-state index in [-0.39, 0.29) is 0 Å². The first kappa shape index (κ1) is 14.7. The molecular formula is C17H26N2O2. The van der Waals surface area contributed by atoms with Gasteiger partial charge in [0, 0.05) is 44.4 Å². The molecule has 2 heterocycles. The fraction of sp³-hybridized carbons (Fsp3) is 0.647. The van der Waals surface area contributed by atoms with Crippen LogP contribution in [0, 0.1) is 0 Å². The average Bonchev–Trinajstić information content (AvgIpc) is 2.88. The van der Waals surface area contributed by atoms with Crippen LogP contribution in [0.4, 0.5) is 5.69 Å². The summed E-state index contributed by atoms with van der Waals surface area (Å²) in [5.74, 6) is 0.975. The third-order valence-corrected chi connectivity index (χ3v) is 4.26. The topological polar surface area (TPSA) is 33.7 Å². The fourth-order valence-corrected chi connectivity index (χ4v) is 3.05. The summed E-state index contributed by atoms with van der Waals surface area (Å²) < 4.78 is 11.5. The molecule has 1 atom stereocenters. The number of nitrogens with one attached hydrogen (secondary N) is 1. The highest BCUT2D eigenvalue weighted by molar-refractivity contribution is 5.50. The maximum Gasteiger partial charge on any atom is 0.121 e. The maximum absolute atomic E-state index is 5.91. The van der Waals surface area contributed by atoms with Gasteiger partial charge in [0.25, 0.3) is 0 Å². The van der Waals surface area contributed by atoms with Crippen molar-refractivity contribution in [3.05, 3.63) is 24.3 Å². The molecule has 0 bridgehead atoms. The van der Waals surface area contributed by atoms with Crippen molar-refractivity contribution in [1.29, 1.82) is 0 Å². The number of nitrogens with zero attached hydrogens (tertiary/aromatic N) is 1. The quantitative estimate of drug-likeness (QED) is 0.903. The Hall–Kier alpha value is -1.26. The van der Waals surface area contributed by atoms with Gasteiger partial charge >= 0.3 is 0 Å². The Kier molecular flexibility index (Phi) is 5.35. The van der Waals surface area contributed by atoms with Crippen LogP contribution >= 0.6 is 0 Å². The zero-order chi connectivity index (χ0) is 14.3. The van der Waals surface area contributed by atoms with Gasteiger partial charge in [-0.25, -0.2) is 0 Å². The highest BCUT2D eigenvalue weighted by atomic mass is 16.5. The predicted octanol–water partition coefficient (Wildman–Crippen LogP) is 2.43. The Labute approximate surface area is 127 Å². The van der Waals surface area contributed by atoms with Crippen LogP contribution in [-0.4, -0.2) is 45.5 Å². The molecule has 4 nitrogen and oxygen atoms in total. The van der Waals surface area contributed by atoms with Crippen molar-refractivity contribution in [2.45, 2.75) is 31.8 Å².